The van der Waals surface area contributed by atoms with Gasteiger partial charge in [0.2, 0.25) is 0 Å². The lowest BCUT2D eigenvalue weighted by molar-refractivity contribution is -0.157. The molecular weight excluding hydrogens is 570 g/mol. The Kier molecular flexibility index (Phi) is 8.45. The summed E-state index contributed by atoms with van der Waals surface area (Å²) in [5.41, 5.74) is 3.82. The number of rotatable bonds is 9. The van der Waals surface area contributed by atoms with Crippen molar-refractivity contribution in [2.45, 2.75) is 89.6 Å². The van der Waals surface area contributed by atoms with E-state index in [0.717, 1.165) is 40.1 Å². The van der Waals surface area contributed by atoms with Crippen LogP contribution in [0.5, 0.6) is 5.75 Å². The van der Waals surface area contributed by atoms with E-state index in [2.05, 4.69) is 56.7 Å². The zero-order valence-electron chi connectivity index (χ0n) is 26.9. The number of hydrogen-bond acceptors (Lipinski definition) is 8. The topological polar surface area (TPSA) is 109 Å². The normalized spacial score (nSPS) is 22.3. The lowest BCUT2D eigenvalue weighted by atomic mass is 9.93. The van der Waals surface area contributed by atoms with Gasteiger partial charge in [-0.1, -0.05) is 36.4 Å². The molecule has 2 aromatic carbocycles. The summed E-state index contributed by atoms with van der Waals surface area (Å²) in [5.74, 6) is 1.06. The highest BCUT2D eigenvalue weighted by molar-refractivity contribution is 5.87. The van der Waals surface area contributed by atoms with Gasteiger partial charge in [-0.25, -0.2) is 14.8 Å². The van der Waals surface area contributed by atoms with Crippen LogP contribution in [0, 0.1) is 0 Å². The molecule has 10 heteroatoms. The number of amides is 1. The quantitative estimate of drug-likeness (QED) is 0.224. The zero-order valence-corrected chi connectivity index (χ0v) is 26.9. The van der Waals surface area contributed by atoms with Crippen molar-refractivity contribution in [2.24, 2.45) is 0 Å². The molecule has 1 saturated carbocycles. The van der Waals surface area contributed by atoms with Crippen molar-refractivity contribution >= 4 is 22.9 Å². The van der Waals surface area contributed by atoms with Crippen molar-refractivity contribution < 1.29 is 23.7 Å². The molecule has 3 heterocycles. The largest absolute Gasteiger partial charge is 0.497 e. The summed E-state index contributed by atoms with van der Waals surface area (Å²) in [7, 11) is 1.67. The Morgan fingerprint density at radius 3 is 2.58 bits per heavy atom. The van der Waals surface area contributed by atoms with Gasteiger partial charge in [0.15, 0.2) is 5.79 Å². The Morgan fingerprint density at radius 1 is 1.04 bits per heavy atom. The maximum atomic E-state index is 12.1. The number of carbonyl (C=O) groups is 1. The Balaban J connectivity index is 1.20. The Morgan fingerprint density at radius 2 is 1.82 bits per heavy atom. The van der Waals surface area contributed by atoms with Crippen LogP contribution in [-0.2, 0) is 27.2 Å². The second-order valence-corrected chi connectivity index (χ2v) is 13.3. The van der Waals surface area contributed by atoms with Crippen molar-refractivity contribution in [3.63, 3.8) is 0 Å². The number of anilines is 1. The molecule has 1 amide bonds. The van der Waals surface area contributed by atoms with Gasteiger partial charge in [-0.3, -0.25) is 0 Å². The third-order valence-corrected chi connectivity index (χ3v) is 8.38. The molecule has 45 heavy (non-hydrogen) atoms. The van der Waals surface area contributed by atoms with E-state index in [0.29, 0.717) is 19.5 Å². The number of carbonyl (C=O) groups excluding carboxylic acids is 1. The fourth-order valence-corrected chi connectivity index (χ4v) is 6.46. The van der Waals surface area contributed by atoms with Gasteiger partial charge in [-0.2, -0.15) is 0 Å². The molecule has 2 fully saturated rings. The predicted molar refractivity (Wildman–Crippen MR) is 172 cm³/mol. The molecule has 0 radical (unpaired) electrons. The molecule has 238 valence electrons. The standard InChI is InChI=1S/C35H43N5O5/c1-34(2,3)45-33(41)36-16-14-22-8-7-9-24(18-22)27-19-28(30-29(27)43-35(4,5)44-30)40-17-15-26-31(38-21-39-32(26)40)37-20-23-10-12-25(42-6)13-11-23/h7-13,15,17-18,21,27-30H,14,16,19-20H2,1-6H3,(H,36,41)(H,37,38,39)/t27-,28-,29-,30+/m1/s1. The minimum absolute atomic E-state index is 0.0288. The van der Waals surface area contributed by atoms with Gasteiger partial charge in [0.05, 0.1) is 24.6 Å². The van der Waals surface area contributed by atoms with E-state index >= 15 is 0 Å². The average molecular weight is 614 g/mol. The minimum Gasteiger partial charge on any atom is -0.497 e. The summed E-state index contributed by atoms with van der Waals surface area (Å²) in [6.45, 7) is 10.7. The van der Waals surface area contributed by atoms with Crippen LogP contribution in [0.25, 0.3) is 11.0 Å². The van der Waals surface area contributed by atoms with E-state index in [4.69, 9.17) is 23.9 Å². The van der Waals surface area contributed by atoms with Gasteiger partial charge in [-0.15, -0.1) is 0 Å². The molecule has 1 saturated heterocycles. The van der Waals surface area contributed by atoms with Crippen LogP contribution < -0.4 is 15.4 Å². The van der Waals surface area contributed by atoms with Crippen LogP contribution in [0.3, 0.4) is 0 Å². The number of benzene rings is 2. The van der Waals surface area contributed by atoms with E-state index in [1.54, 1.807) is 13.4 Å². The highest BCUT2D eigenvalue weighted by atomic mass is 16.8. The molecule has 4 aromatic rings. The van der Waals surface area contributed by atoms with Crippen molar-refractivity contribution in [3.05, 3.63) is 83.8 Å². The van der Waals surface area contributed by atoms with Crippen molar-refractivity contribution in [1.29, 1.82) is 0 Å². The lowest BCUT2D eigenvalue weighted by Crippen LogP contribution is -2.33. The highest BCUT2D eigenvalue weighted by Gasteiger charge is 2.55. The van der Waals surface area contributed by atoms with Gasteiger partial charge >= 0.3 is 6.09 Å². The first-order valence-corrected chi connectivity index (χ1v) is 15.6. The molecule has 2 aromatic heterocycles. The third kappa shape index (κ3) is 6.92. The first-order valence-electron chi connectivity index (χ1n) is 15.6. The number of nitrogens with one attached hydrogen (secondary N) is 2. The first-order chi connectivity index (χ1) is 21.5. The van der Waals surface area contributed by atoms with Crippen molar-refractivity contribution in [3.8, 4) is 5.75 Å². The number of hydrogen-bond donors (Lipinski definition) is 2. The van der Waals surface area contributed by atoms with Gasteiger partial charge in [0, 0.05) is 25.2 Å². The molecule has 10 nitrogen and oxygen atoms in total. The maximum absolute atomic E-state index is 12.1. The van der Waals surface area contributed by atoms with Crippen molar-refractivity contribution in [2.75, 3.05) is 19.0 Å². The summed E-state index contributed by atoms with van der Waals surface area (Å²) in [5, 5.41) is 7.31. The van der Waals surface area contributed by atoms with Crippen LogP contribution in [0.15, 0.2) is 67.1 Å². The second-order valence-electron chi connectivity index (χ2n) is 13.3. The lowest BCUT2D eigenvalue weighted by Gasteiger charge is -2.25. The Labute approximate surface area is 264 Å². The van der Waals surface area contributed by atoms with Gasteiger partial charge in [-0.05, 0) is 82.3 Å². The first kappa shape index (κ1) is 30.9. The number of methoxy groups -OCH3 is 1. The maximum Gasteiger partial charge on any atom is 0.407 e. The number of fused-ring (bicyclic) bond motifs is 2. The van der Waals surface area contributed by atoms with E-state index in [1.807, 2.05) is 58.9 Å². The van der Waals surface area contributed by atoms with E-state index < -0.39 is 17.5 Å². The van der Waals surface area contributed by atoms with Gasteiger partial charge < -0.3 is 34.1 Å². The summed E-state index contributed by atoms with van der Waals surface area (Å²) >= 11 is 0. The summed E-state index contributed by atoms with van der Waals surface area (Å²) in [4.78, 5) is 21.4. The summed E-state index contributed by atoms with van der Waals surface area (Å²) < 4.78 is 26.0. The molecule has 1 aliphatic heterocycles. The van der Waals surface area contributed by atoms with Crippen LogP contribution >= 0.6 is 0 Å². The third-order valence-electron chi connectivity index (χ3n) is 8.38. The predicted octanol–water partition coefficient (Wildman–Crippen LogP) is 6.37. The fourth-order valence-electron chi connectivity index (χ4n) is 6.46. The van der Waals surface area contributed by atoms with Gasteiger partial charge in [0.25, 0.3) is 0 Å². The minimum atomic E-state index is -0.690. The summed E-state index contributed by atoms with van der Waals surface area (Å²) in [6, 6.07) is 18.7. The highest BCUT2D eigenvalue weighted by Crippen LogP contribution is 2.51. The Bertz CT molecular complexity index is 1640. The van der Waals surface area contributed by atoms with E-state index in [9.17, 15) is 4.79 Å². The molecule has 2 N–H and O–H groups in total. The number of aromatic nitrogens is 3. The molecule has 4 atom stereocenters. The van der Waals surface area contributed by atoms with Crippen molar-refractivity contribution in [1.82, 2.24) is 19.9 Å². The van der Waals surface area contributed by atoms with Crippen LogP contribution in [0.1, 0.15) is 69.7 Å². The molecular formula is C35H43N5O5. The number of nitrogens with zero attached hydrogens (tertiary/aromatic N) is 3. The molecule has 0 unspecified atom stereocenters. The van der Waals surface area contributed by atoms with Crippen LogP contribution in [0.4, 0.5) is 10.6 Å². The average Bonchev–Trinajstić information content (AvgIpc) is 3.66. The Hall–Kier alpha value is -4.15. The molecule has 1 aliphatic carbocycles. The smallest absolute Gasteiger partial charge is 0.407 e. The molecule has 0 bridgehead atoms. The van der Waals surface area contributed by atoms with Gasteiger partial charge in [0.1, 0.15) is 35.2 Å². The number of ether oxygens (including phenoxy) is 4. The SMILES string of the molecule is COc1ccc(CNc2ncnc3c2ccn3[C@@H]2C[C@H](c3cccc(CCNC(=O)OC(C)(C)C)c3)[C@H]3OC(C)(C)O[C@H]32)cc1. The fraction of sp³-hybridized carbons (Fsp3) is 0.457. The second kappa shape index (κ2) is 12.3. The zero-order chi connectivity index (χ0) is 31.8. The van der Waals surface area contributed by atoms with E-state index in [1.165, 1.54) is 5.56 Å². The molecule has 0 spiro atoms. The summed E-state index contributed by atoms with van der Waals surface area (Å²) in [6.07, 6.45) is 4.61. The van der Waals surface area contributed by atoms with E-state index in [-0.39, 0.29) is 24.2 Å². The number of alkyl carbamates (subject to hydrolysis) is 1. The van der Waals surface area contributed by atoms with Crippen LogP contribution in [-0.4, -0.2) is 57.9 Å². The molecule has 2 aliphatic rings. The van der Waals surface area contributed by atoms with Crippen LogP contribution in [0.2, 0.25) is 0 Å². The monoisotopic (exact) mass is 613 g/mol. The molecule has 6 rings (SSSR count).